The van der Waals surface area contributed by atoms with Gasteiger partial charge in [0.25, 0.3) is 0 Å². The number of benzene rings is 1. The Morgan fingerprint density at radius 3 is 2.84 bits per heavy atom. The molecule has 3 rings (SSSR count). The molecule has 0 saturated carbocycles. The van der Waals surface area contributed by atoms with Gasteiger partial charge in [0.15, 0.2) is 0 Å². The molecule has 1 aliphatic rings. The van der Waals surface area contributed by atoms with Crippen molar-refractivity contribution in [3.8, 4) is 11.5 Å². The average molecular weight is 519 g/mol. The Morgan fingerprint density at radius 1 is 1.35 bits per heavy atom. The molecule has 0 fully saturated rings. The number of anilines is 1. The zero-order chi connectivity index (χ0) is 26.9. The number of fused-ring (bicyclic) bond motifs is 2. The van der Waals surface area contributed by atoms with Crippen molar-refractivity contribution in [2.24, 2.45) is 5.92 Å². The molecule has 0 aliphatic carbocycles. The lowest BCUT2D eigenvalue weighted by Crippen LogP contribution is -2.48. The third-order valence-corrected chi connectivity index (χ3v) is 6.50. The highest BCUT2D eigenvalue weighted by atomic mass is 16.5. The van der Waals surface area contributed by atoms with E-state index in [9.17, 15) is 14.7 Å². The maximum Gasteiger partial charge on any atom is 0.321 e. The number of methoxy groups -OCH3 is 2. The quantitative estimate of drug-likeness (QED) is 0.569. The Hall–Kier alpha value is -3.38. The third-order valence-electron chi connectivity index (χ3n) is 6.50. The highest BCUT2D eigenvalue weighted by molar-refractivity contribution is 5.91. The van der Waals surface area contributed by atoms with Crippen LogP contribution in [0.5, 0.6) is 11.5 Å². The van der Waals surface area contributed by atoms with Crippen LogP contribution >= 0.6 is 0 Å². The molecule has 2 heterocycles. The van der Waals surface area contributed by atoms with Crippen LogP contribution in [0.3, 0.4) is 0 Å². The van der Waals surface area contributed by atoms with Crippen LogP contribution in [0.1, 0.15) is 32.4 Å². The van der Waals surface area contributed by atoms with Crippen molar-refractivity contribution in [1.82, 2.24) is 24.8 Å². The summed E-state index contributed by atoms with van der Waals surface area (Å²) in [5, 5.41) is 20.9. The maximum atomic E-state index is 13.1. The van der Waals surface area contributed by atoms with Gasteiger partial charge in [0, 0.05) is 45.1 Å². The van der Waals surface area contributed by atoms with Gasteiger partial charge in [0.1, 0.15) is 17.2 Å². The first-order valence-electron chi connectivity index (χ1n) is 12.4. The number of ether oxygens (including phenoxy) is 3. The number of hydrogen-bond donors (Lipinski definition) is 2. The summed E-state index contributed by atoms with van der Waals surface area (Å²) < 4.78 is 18.5. The number of aliphatic hydroxyl groups is 1. The van der Waals surface area contributed by atoms with Crippen molar-refractivity contribution in [2.75, 3.05) is 46.3 Å². The zero-order valence-electron chi connectivity index (χ0n) is 22.2. The highest BCUT2D eigenvalue weighted by Gasteiger charge is 2.29. The molecule has 3 amide bonds. The normalized spacial score (nSPS) is 19.7. The smallest absolute Gasteiger partial charge is 0.321 e. The zero-order valence-corrected chi connectivity index (χ0v) is 22.2. The number of hydrogen-bond acceptors (Lipinski definition) is 8. The van der Waals surface area contributed by atoms with Gasteiger partial charge in [-0.1, -0.05) is 12.1 Å². The SMILES string of the molecule is COc1ccc(NC(=O)N(C)C[C@@H]2OCc3cn(nn3)CCCC(=O)N([C@@H](C)CO)C[C@@H]2C)c(OC)c1. The molecule has 2 aromatic rings. The van der Waals surface area contributed by atoms with Crippen LogP contribution in [0, 0.1) is 5.92 Å². The fourth-order valence-corrected chi connectivity index (χ4v) is 4.16. The molecule has 37 heavy (non-hydrogen) atoms. The number of aryl methyl sites for hydroxylation is 1. The van der Waals surface area contributed by atoms with Crippen LogP contribution in [0.15, 0.2) is 24.4 Å². The Bertz CT molecular complexity index is 1050. The summed E-state index contributed by atoms with van der Waals surface area (Å²) in [6.07, 6.45) is 2.35. The van der Waals surface area contributed by atoms with E-state index >= 15 is 0 Å². The van der Waals surface area contributed by atoms with E-state index in [0.717, 1.165) is 0 Å². The molecule has 1 aliphatic heterocycles. The van der Waals surface area contributed by atoms with Crippen molar-refractivity contribution in [1.29, 1.82) is 0 Å². The summed E-state index contributed by atoms with van der Waals surface area (Å²) in [4.78, 5) is 29.3. The second-order valence-corrected chi connectivity index (χ2v) is 9.36. The van der Waals surface area contributed by atoms with Gasteiger partial charge in [0.2, 0.25) is 5.91 Å². The summed E-state index contributed by atoms with van der Waals surface area (Å²) >= 11 is 0. The van der Waals surface area contributed by atoms with E-state index in [-0.39, 0.29) is 43.7 Å². The van der Waals surface area contributed by atoms with Crippen LogP contribution in [0.25, 0.3) is 0 Å². The number of likely N-dealkylation sites (N-methyl/N-ethyl adjacent to an activating group) is 1. The Kier molecular flexibility index (Phi) is 10.1. The number of amides is 3. The van der Waals surface area contributed by atoms with Gasteiger partial charge in [-0.2, -0.15) is 0 Å². The van der Waals surface area contributed by atoms with Crippen molar-refractivity contribution >= 4 is 17.6 Å². The van der Waals surface area contributed by atoms with Crippen molar-refractivity contribution in [2.45, 2.75) is 52.0 Å². The van der Waals surface area contributed by atoms with Gasteiger partial charge in [0.05, 0.1) is 51.5 Å². The van der Waals surface area contributed by atoms with Gasteiger partial charge in [-0.3, -0.25) is 9.48 Å². The fourth-order valence-electron chi connectivity index (χ4n) is 4.16. The Morgan fingerprint density at radius 2 is 2.14 bits per heavy atom. The number of rotatable bonds is 7. The molecular weight excluding hydrogens is 480 g/mol. The predicted octanol–water partition coefficient (Wildman–Crippen LogP) is 1.98. The molecule has 12 nitrogen and oxygen atoms in total. The number of carbonyl (C=O) groups is 2. The maximum absolute atomic E-state index is 13.1. The van der Waals surface area contributed by atoms with Gasteiger partial charge in [-0.05, 0) is 25.5 Å². The second-order valence-electron chi connectivity index (χ2n) is 9.36. The number of urea groups is 1. The molecule has 0 radical (unpaired) electrons. The molecule has 204 valence electrons. The molecule has 2 bridgehead atoms. The molecule has 0 saturated heterocycles. The molecule has 2 N–H and O–H groups in total. The minimum Gasteiger partial charge on any atom is -0.497 e. The monoisotopic (exact) mass is 518 g/mol. The molecule has 0 unspecified atom stereocenters. The first-order valence-corrected chi connectivity index (χ1v) is 12.4. The number of nitrogens with zero attached hydrogens (tertiary/aromatic N) is 5. The van der Waals surface area contributed by atoms with Crippen molar-refractivity contribution < 1.29 is 28.9 Å². The van der Waals surface area contributed by atoms with E-state index in [1.807, 2.05) is 20.0 Å². The van der Waals surface area contributed by atoms with E-state index in [1.165, 1.54) is 12.0 Å². The second kappa shape index (κ2) is 13.2. The van der Waals surface area contributed by atoms with E-state index in [0.29, 0.717) is 48.8 Å². The summed E-state index contributed by atoms with van der Waals surface area (Å²) in [7, 11) is 4.76. The van der Waals surface area contributed by atoms with Gasteiger partial charge < -0.3 is 34.4 Å². The van der Waals surface area contributed by atoms with Crippen LogP contribution in [-0.2, 0) is 22.7 Å². The molecule has 1 aromatic heterocycles. The van der Waals surface area contributed by atoms with Gasteiger partial charge >= 0.3 is 6.03 Å². The first-order chi connectivity index (χ1) is 17.7. The fraction of sp³-hybridized carbons (Fsp3) is 0.600. The summed E-state index contributed by atoms with van der Waals surface area (Å²) in [6, 6.07) is 4.47. The van der Waals surface area contributed by atoms with E-state index in [4.69, 9.17) is 14.2 Å². The number of carbonyl (C=O) groups excluding carboxylic acids is 2. The number of aliphatic hydroxyl groups excluding tert-OH is 1. The van der Waals surface area contributed by atoms with E-state index < -0.39 is 6.10 Å². The topological polar surface area (TPSA) is 131 Å². The lowest BCUT2D eigenvalue weighted by atomic mass is 10.0. The minimum atomic E-state index is -0.416. The lowest BCUT2D eigenvalue weighted by Gasteiger charge is -2.35. The third kappa shape index (κ3) is 7.56. The Labute approximate surface area is 217 Å². The van der Waals surface area contributed by atoms with Crippen molar-refractivity contribution in [3.63, 3.8) is 0 Å². The predicted molar refractivity (Wildman–Crippen MR) is 136 cm³/mol. The van der Waals surface area contributed by atoms with Crippen LogP contribution in [0.2, 0.25) is 0 Å². The average Bonchev–Trinajstić information content (AvgIpc) is 3.36. The molecule has 12 heteroatoms. The summed E-state index contributed by atoms with van der Waals surface area (Å²) in [5.74, 6) is 0.912. The van der Waals surface area contributed by atoms with Crippen LogP contribution in [-0.4, -0.2) is 94.9 Å². The highest BCUT2D eigenvalue weighted by Crippen LogP contribution is 2.29. The molecular formula is C25H38N6O6. The molecule has 3 atom stereocenters. The minimum absolute atomic E-state index is 0.0376. The van der Waals surface area contributed by atoms with E-state index in [2.05, 4.69) is 15.6 Å². The largest absolute Gasteiger partial charge is 0.497 e. The molecule has 0 spiro atoms. The summed E-state index contributed by atoms with van der Waals surface area (Å²) in [6.45, 7) is 5.10. The van der Waals surface area contributed by atoms with Crippen LogP contribution < -0.4 is 14.8 Å². The van der Waals surface area contributed by atoms with Crippen LogP contribution in [0.4, 0.5) is 10.5 Å². The van der Waals surface area contributed by atoms with Crippen molar-refractivity contribution in [3.05, 3.63) is 30.1 Å². The number of nitrogens with one attached hydrogen (secondary N) is 1. The molecule has 1 aromatic carbocycles. The number of aromatic nitrogens is 3. The van der Waals surface area contributed by atoms with E-state index in [1.54, 1.807) is 41.9 Å². The first kappa shape index (κ1) is 28.2. The Balaban J connectivity index is 1.76. The van der Waals surface area contributed by atoms with Gasteiger partial charge in [-0.15, -0.1) is 5.10 Å². The summed E-state index contributed by atoms with van der Waals surface area (Å²) in [5.41, 5.74) is 1.19. The lowest BCUT2D eigenvalue weighted by molar-refractivity contribution is -0.136. The standard InChI is InChI=1S/C25H38N6O6/c1-17-12-31(18(2)15-32)24(33)7-6-10-30-13-19(27-28-30)16-37-23(17)14-29(3)25(34)26-21-9-8-20(35-4)11-22(21)36-5/h8-9,11,13,17-18,23,32H,6-7,10,12,14-16H2,1-5H3,(H,26,34)/t17-,18-,23-/m0/s1. The van der Waals surface area contributed by atoms with Gasteiger partial charge in [-0.25, -0.2) is 4.79 Å².